The number of benzene rings is 1. The van der Waals surface area contributed by atoms with Crippen LogP contribution in [-0.2, 0) is 6.54 Å². The summed E-state index contributed by atoms with van der Waals surface area (Å²) in [5.74, 6) is 0.609. The van der Waals surface area contributed by atoms with E-state index in [-0.39, 0.29) is 5.54 Å². The summed E-state index contributed by atoms with van der Waals surface area (Å²) >= 11 is 9.34. The van der Waals surface area contributed by atoms with Crippen molar-refractivity contribution in [1.82, 2.24) is 5.32 Å². The van der Waals surface area contributed by atoms with E-state index in [4.69, 9.17) is 11.6 Å². The minimum Gasteiger partial charge on any atom is -0.307 e. The summed E-state index contributed by atoms with van der Waals surface area (Å²) in [6.07, 6.45) is 0. The zero-order valence-electron chi connectivity index (χ0n) is 8.48. The lowest BCUT2D eigenvalue weighted by atomic mass is 10.1. The molecule has 0 fully saturated rings. The Labute approximate surface area is 99.0 Å². The van der Waals surface area contributed by atoms with Gasteiger partial charge in [-0.15, -0.1) is 11.6 Å². The summed E-state index contributed by atoms with van der Waals surface area (Å²) in [6, 6.07) is 8.20. The minimum absolute atomic E-state index is 0.0170. The second kappa shape index (κ2) is 5.15. The number of hydrogen-bond acceptors (Lipinski definition) is 1. The van der Waals surface area contributed by atoms with Crippen molar-refractivity contribution in [2.75, 3.05) is 5.88 Å². The Bertz CT molecular complexity index is 299. The lowest BCUT2D eigenvalue weighted by Gasteiger charge is -2.23. The number of rotatable bonds is 4. The molecule has 0 aromatic heterocycles. The van der Waals surface area contributed by atoms with Gasteiger partial charge in [0.25, 0.3) is 0 Å². The molecule has 3 heteroatoms. The van der Waals surface area contributed by atoms with E-state index in [0.717, 1.165) is 11.0 Å². The Morgan fingerprint density at radius 2 is 2.00 bits per heavy atom. The summed E-state index contributed by atoms with van der Waals surface area (Å²) in [5, 5.41) is 3.40. The molecule has 0 aliphatic rings. The Morgan fingerprint density at radius 1 is 1.36 bits per heavy atom. The summed E-state index contributed by atoms with van der Waals surface area (Å²) in [4.78, 5) is 0. The number of nitrogens with one attached hydrogen (secondary N) is 1. The highest BCUT2D eigenvalue weighted by Crippen LogP contribution is 2.16. The third-order valence-electron chi connectivity index (χ3n) is 2.05. The maximum atomic E-state index is 5.82. The first-order valence-corrected chi connectivity index (χ1v) is 5.92. The topological polar surface area (TPSA) is 12.0 Å². The fraction of sp³-hybridized carbons (Fsp3) is 0.455. The van der Waals surface area contributed by atoms with Gasteiger partial charge in [0.1, 0.15) is 0 Å². The maximum absolute atomic E-state index is 5.82. The van der Waals surface area contributed by atoms with Gasteiger partial charge < -0.3 is 5.32 Å². The lowest BCUT2D eigenvalue weighted by Crippen LogP contribution is -2.40. The van der Waals surface area contributed by atoms with Gasteiger partial charge in [0.2, 0.25) is 0 Å². The largest absolute Gasteiger partial charge is 0.307 e. The van der Waals surface area contributed by atoms with Crippen LogP contribution in [-0.4, -0.2) is 11.4 Å². The zero-order chi connectivity index (χ0) is 10.6. The van der Waals surface area contributed by atoms with Crippen molar-refractivity contribution in [1.29, 1.82) is 0 Å². The van der Waals surface area contributed by atoms with E-state index in [2.05, 4.69) is 41.2 Å². The zero-order valence-corrected chi connectivity index (χ0v) is 10.8. The fourth-order valence-corrected chi connectivity index (χ4v) is 1.54. The second-order valence-corrected chi connectivity index (χ2v) is 5.08. The predicted molar refractivity (Wildman–Crippen MR) is 65.8 cm³/mol. The first-order valence-electron chi connectivity index (χ1n) is 4.59. The molecule has 0 saturated carbocycles. The number of hydrogen-bond donors (Lipinski definition) is 1. The summed E-state index contributed by atoms with van der Waals surface area (Å²) in [6.45, 7) is 5.02. The van der Waals surface area contributed by atoms with Gasteiger partial charge in [0, 0.05) is 22.4 Å². The van der Waals surface area contributed by atoms with E-state index in [0.29, 0.717) is 5.88 Å². The lowest BCUT2D eigenvalue weighted by molar-refractivity contribution is 0.429. The van der Waals surface area contributed by atoms with Crippen LogP contribution in [0.15, 0.2) is 28.7 Å². The van der Waals surface area contributed by atoms with Crippen LogP contribution < -0.4 is 5.32 Å². The highest BCUT2D eigenvalue weighted by molar-refractivity contribution is 9.10. The van der Waals surface area contributed by atoms with Crippen LogP contribution in [0.1, 0.15) is 19.4 Å². The molecule has 1 nitrogen and oxygen atoms in total. The van der Waals surface area contributed by atoms with Gasteiger partial charge >= 0.3 is 0 Å². The van der Waals surface area contributed by atoms with Crippen LogP contribution in [0.4, 0.5) is 0 Å². The van der Waals surface area contributed by atoms with Crippen molar-refractivity contribution in [3.05, 3.63) is 34.3 Å². The molecule has 0 radical (unpaired) electrons. The van der Waals surface area contributed by atoms with E-state index in [1.54, 1.807) is 0 Å². The third kappa shape index (κ3) is 3.60. The summed E-state index contributed by atoms with van der Waals surface area (Å²) in [5.41, 5.74) is 1.24. The number of alkyl halides is 1. The molecule has 0 heterocycles. The molecule has 78 valence electrons. The fourth-order valence-electron chi connectivity index (χ4n) is 1.02. The van der Waals surface area contributed by atoms with Crippen LogP contribution >= 0.6 is 27.5 Å². The molecule has 0 aliphatic heterocycles. The Balaban J connectivity index is 2.58. The van der Waals surface area contributed by atoms with Crippen LogP contribution in [0.5, 0.6) is 0 Å². The average molecular weight is 277 g/mol. The Kier molecular flexibility index (Phi) is 4.42. The molecule has 1 aromatic carbocycles. The van der Waals surface area contributed by atoms with Gasteiger partial charge in [0.15, 0.2) is 0 Å². The summed E-state index contributed by atoms with van der Waals surface area (Å²) in [7, 11) is 0. The third-order valence-corrected chi connectivity index (χ3v) is 3.49. The minimum atomic E-state index is -0.0170. The van der Waals surface area contributed by atoms with E-state index in [1.807, 2.05) is 18.2 Å². The first kappa shape index (κ1) is 12.0. The Morgan fingerprint density at radius 3 is 2.57 bits per heavy atom. The SMILES string of the molecule is CC(C)(CCl)NCc1ccccc1Br. The van der Waals surface area contributed by atoms with Gasteiger partial charge in [0.05, 0.1) is 0 Å². The van der Waals surface area contributed by atoms with Crippen LogP contribution in [0.2, 0.25) is 0 Å². The van der Waals surface area contributed by atoms with Gasteiger partial charge in [-0.3, -0.25) is 0 Å². The van der Waals surface area contributed by atoms with Crippen molar-refractivity contribution < 1.29 is 0 Å². The Hall–Kier alpha value is -0.0500. The molecular formula is C11H15BrClN. The van der Waals surface area contributed by atoms with Crippen LogP contribution in [0.25, 0.3) is 0 Å². The normalized spacial score (nSPS) is 11.7. The van der Waals surface area contributed by atoms with Gasteiger partial charge in [-0.25, -0.2) is 0 Å². The van der Waals surface area contributed by atoms with Crippen molar-refractivity contribution in [2.45, 2.75) is 25.9 Å². The smallest absolute Gasteiger partial charge is 0.0400 e. The van der Waals surface area contributed by atoms with Gasteiger partial charge in [-0.05, 0) is 25.5 Å². The molecule has 0 amide bonds. The quantitative estimate of drug-likeness (QED) is 0.829. The molecule has 0 atom stereocenters. The highest BCUT2D eigenvalue weighted by atomic mass is 79.9. The average Bonchev–Trinajstić information content (AvgIpc) is 2.17. The standard InChI is InChI=1S/C11H15BrClN/c1-11(2,8-13)14-7-9-5-3-4-6-10(9)12/h3-6,14H,7-8H2,1-2H3. The molecule has 0 saturated heterocycles. The van der Waals surface area contributed by atoms with Crippen molar-refractivity contribution in [3.63, 3.8) is 0 Å². The van der Waals surface area contributed by atoms with Gasteiger partial charge in [-0.2, -0.15) is 0 Å². The molecular weight excluding hydrogens is 261 g/mol. The first-order chi connectivity index (χ1) is 6.55. The van der Waals surface area contributed by atoms with E-state index >= 15 is 0 Å². The molecule has 0 unspecified atom stereocenters. The van der Waals surface area contributed by atoms with Crippen LogP contribution in [0, 0.1) is 0 Å². The molecule has 1 aromatic rings. The summed E-state index contributed by atoms with van der Waals surface area (Å²) < 4.78 is 1.14. The monoisotopic (exact) mass is 275 g/mol. The van der Waals surface area contributed by atoms with Crippen LogP contribution in [0.3, 0.4) is 0 Å². The molecule has 0 spiro atoms. The maximum Gasteiger partial charge on any atom is 0.0400 e. The highest BCUT2D eigenvalue weighted by Gasteiger charge is 2.15. The van der Waals surface area contributed by atoms with Crippen molar-refractivity contribution in [3.8, 4) is 0 Å². The van der Waals surface area contributed by atoms with Crippen molar-refractivity contribution >= 4 is 27.5 Å². The molecule has 1 N–H and O–H groups in total. The molecule has 1 rings (SSSR count). The molecule has 14 heavy (non-hydrogen) atoms. The van der Waals surface area contributed by atoms with Crippen molar-refractivity contribution in [2.24, 2.45) is 0 Å². The van der Waals surface area contributed by atoms with Gasteiger partial charge in [-0.1, -0.05) is 34.1 Å². The molecule has 0 aliphatic carbocycles. The van der Waals surface area contributed by atoms with E-state index in [9.17, 15) is 0 Å². The van der Waals surface area contributed by atoms with E-state index < -0.39 is 0 Å². The molecule has 0 bridgehead atoms. The number of halogens is 2. The van der Waals surface area contributed by atoms with E-state index in [1.165, 1.54) is 5.56 Å². The second-order valence-electron chi connectivity index (χ2n) is 3.96. The predicted octanol–water partition coefficient (Wildman–Crippen LogP) is 3.56.